The van der Waals surface area contributed by atoms with Gasteiger partial charge < -0.3 is 4.74 Å². The molecule has 2 aromatic rings. The van der Waals surface area contributed by atoms with Crippen LogP contribution in [-0.2, 0) is 0 Å². The Hall–Kier alpha value is -2.09. The first kappa shape index (κ1) is 16.3. The van der Waals surface area contributed by atoms with Crippen LogP contribution in [-0.4, -0.2) is 12.9 Å². The molecular weight excluding hydrogens is 272 g/mol. The summed E-state index contributed by atoms with van der Waals surface area (Å²) in [6.07, 6.45) is 0.540. The molecule has 0 N–H and O–H groups in total. The lowest BCUT2D eigenvalue weighted by molar-refractivity contribution is 0.0988. The van der Waals surface area contributed by atoms with Gasteiger partial charge in [0.25, 0.3) is 0 Å². The first-order valence-corrected chi connectivity index (χ1v) is 7.80. The van der Waals surface area contributed by atoms with Crippen molar-refractivity contribution in [3.8, 4) is 16.9 Å². The number of methoxy groups -OCH3 is 1. The lowest BCUT2D eigenvalue weighted by Crippen LogP contribution is -1.98. The van der Waals surface area contributed by atoms with Crippen molar-refractivity contribution in [2.24, 2.45) is 0 Å². The van der Waals surface area contributed by atoms with E-state index in [1.165, 1.54) is 16.7 Å². The molecule has 2 nitrogen and oxygen atoms in total. The molecule has 0 heterocycles. The molecule has 2 aromatic carbocycles. The van der Waals surface area contributed by atoms with E-state index in [1.54, 1.807) is 7.11 Å². The minimum Gasteiger partial charge on any atom is -0.496 e. The van der Waals surface area contributed by atoms with Crippen LogP contribution >= 0.6 is 0 Å². The average Bonchev–Trinajstić information content (AvgIpc) is 2.53. The number of Topliss-reactive ketones (excluding diaryl/α,β-unsaturated/α-hetero) is 1. The molecule has 0 spiro atoms. The smallest absolute Gasteiger partial charge is 0.162 e. The van der Waals surface area contributed by atoms with Crippen LogP contribution in [0.4, 0.5) is 0 Å². The minimum atomic E-state index is 0.181. The fraction of sp³-hybridized carbons (Fsp3) is 0.350. The van der Waals surface area contributed by atoms with Crippen molar-refractivity contribution in [3.05, 3.63) is 53.1 Å². The van der Waals surface area contributed by atoms with Gasteiger partial charge in [0.1, 0.15) is 5.75 Å². The number of hydrogen-bond donors (Lipinski definition) is 0. The number of rotatable bonds is 5. The molecule has 0 amide bonds. The molecule has 116 valence electrons. The molecule has 0 atom stereocenters. The van der Waals surface area contributed by atoms with Gasteiger partial charge in [-0.25, -0.2) is 0 Å². The summed E-state index contributed by atoms with van der Waals surface area (Å²) in [6.45, 7) is 8.31. The van der Waals surface area contributed by atoms with E-state index in [1.807, 2.05) is 31.2 Å². The van der Waals surface area contributed by atoms with Crippen molar-refractivity contribution in [2.75, 3.05) is 7.11 Å². The Balaban J connectivity index is 2.48. The van der Waals surface area contributed by atoms with E-state index in [0.29, 0.717) is 12.3 Å². The number of ether oxygens (including phenoxy) is 1. The van der Waals surface area contributed by atoms with Crippen molar-refractivity contribution in [3.63, 3.8) is 0 Å². The fourth-order valence-corrected chi connectivity index (χ4v) is 2.68. The zero-order chi connectivity index (χ0) is 16.3. The molecular formula is C20H24O2. The number of hydrogen-bond acceptors (Lipinski definition) is 2. The van der Waals surface area contributed by atoms with Crippen LogP contribution in [0.15, 0.2) is 36.4 Å². The first-order valence-electron chi connectivity index (χ1n) is 7.80. The Bertz CT molecular complexity index is 667. The monoisotopic (exact) mass is 296 g/mol. The molecule has 0 saturated carbocycles. The molecule has 2 rings (SSSR count). The lowest BCUT2D eigenvalue weighted by atomic mass is 9.92. The second-order valence-electron chi connectivity index (χ2n) is 5.92. The number of ketones is 1. The van der Waals surface area contributed by atoms with Crippen LogP contribution in [0.1, 0.15) is 54.6 Å². The van der Waals surface area contributed by atoms with Crippen molar-refractivity contribution < 1.29 is 9.53 Å². The standard InChI is InChI=1S/C20H24O2/c1-6-19(21)16-9-7-15(8-10-16)18-12-17(13(2)3)20(22-5)11-14(18)4/h7-13H,6H2,1-5H3. The van der Waals surface area contributed by atoms with E-state index in [-0.39, 0.29) is 5.78 Å². The molecule has 22 heavy (non-hydrogen) atoms. The van der Waals surface area contributed by atoms with E-state index in [4.69, 9.17) is 4.74 Å². The summed E-state index contributed by atoms with van der Waals surface area (Å²) in [5.74, 6) is 1.52. The summed E-state index contributed by atoms with van der Waals surface area (Å²) in [5.41, 5.74) is 5.49. The summed E-state index contributed by atoms with van der Waals surface area (Å²) < 4.78 is 5.50. The molecule has 0 bridgehead atoms. The second-order valence-corrected chi connectivity index (χ2v) is 5.92. The van der Waals surface area contributed by atoms with Gasteiger partial charge in [0.15, 0.2) is 5.78 Å². The highest BCUT2D eigenvalue weighted by Crippen LogP contribution is 2.34. The molecule has 2 heteroatoms. The number of carbonyl (C=O) groups excluding carboxylic acids is 1. The highest BCUT2D eigenvalue weighted by molar-refractivity contribution is 5.96. The van der Waals surface area contributed by atoms with Crippen LogP contribution in [0.5, 0.6) is 5.75 Å². The summed E-state index contributed by atoms with van der Waals surface area (Å²) in [7, 11) is 1.71. The van der Waals surface area contributed by atoms with Gasteiger partial charge in [0, 0.05) is 12.0 Å². The summed E-state index contributed by atoms with van der Waals surface area (Å²) in [5, 5.41) is 0. The predicted molar refractivity (Wildman–Crippen MR) is 91.9 cm³/mol. The summed E-state index contributed by atoms with van der Waals surface area (Å²) in [6, 6.07) is 12.2. The average molecular weight is 296 g/mol. The van der Waals surface area contributed by atoms with Crippen LogP contribution in [0, 0.1) is 6.92 Å². The zero-order valence-electron chi connectivity index (χ0n) is 14.1. The van der Waals surface area contributed by atoms with Crippen LogP contribution in [0.3, 0.4) is 0 Å². The molecule has 0 aromatic heterocycles. The van der Waals surface area contributed by atoms with Gasteiger partial charge in [-0.1, -0.05) is 45.0 Å². The number of aryl methyl sites for hydroxylation is 1. The molecule has 0 saturated heterocycles. The molecule has 0 unspecified atom stereocenters. The SMILES string of the molecule is CCC(=O)c1ccc(-c2cc(C(C)C)c(OC)cc2C)cc1. The van der Waals surface area contributed by atoms with Gasteiger partial charge >= 0.3 is 0 Å². The van der Waals surface area contributed by atoms with Crippen LogP contribution in [0.25, 0.3) is 11.1 Å². The van der Waals surface area contributed by atoms with Crippen molar-refractivity contribution in [1.29, 1.82) is 0 Å². The van der Waals surface area contributed by atoms with Gasteiger partial charge in [0.2, 0.25) is 0 Å². The van der Waals surface area contributed by atoms with E-state index < -0.39 is 0 Å². The lowest BCUT2D eigenvalue weighted by Gasteiger charge is -2.16. The Morgan fingerprint density at radius 1 is 1.14 bits per heavy atom. The minimum absolute atomic E-state index is 0.181. The topological polar surface area (TPSA) is 26.3 Å². The third kappa shape index (κ3) is 3.22. The molecule has 0 aliphatic heterocycles. The van der Waals surface area contributed by atoms with Crippen molar-refractivity contribution in [2.45, 2.75) is 40.0 Å². The number of carbonyl (C=O) groups is 1. The van der Waals surface area contributed by atoms with Gasteiger partial charge in [-0.15, -0.1) is 0 Å². The highest BCUT2D eigenvalue weighted by atomic mass is 16.5. The van der Waals surface area contributed by atoms with Crippen LogP contribution < -0.4 is 4.74 Å². The van der Waals surface area contributed by atoms with Gasteiger partial charge in [-0.2, -0.15) is 0 Å². The Kier molecular flexibility index (Phi) is 5.02. The fourth-order valence-electron chi connectivity index (χ4n) is 2.68. The van der Waals surface area contributed by atoms with Crippen molar-refractivity contribution >= 4 is 5.78 Å². The summed E-state index contributed by atoms with van der Waals surface area (Å²) in [4.78, 5) is 11.7. The Morgan fingerprint density at radius 3 is 2.27 bits per heavy atom. The maximum Gasteiger partial charge on any atom is 0.162 e. The van der Waals surface area contributed by atoms with Crippen LogP contribution in [0.2, 0.25) is 0 Å². The van der Waals surface area contributed by atoms with E-state index in [0.717, 1.165) is 16.9 Å². The Labute approximate surface area is 133 Å². The quantitative estimate of drug-likeness (QED) is 0.692. The molecule has 0 radical (unpaired) electrons. The molecule has 0 aliphatic carbocycles. The van der Waals surface area contributed by atoms with Crippen molar-refractivity contribution in [1.82, 2.24) is 0 Å². The molecule has 0 fully saturated rings. The van der Waals surface area contributed by atoms with Gasteiger partial charge in [-0.3, -0.25) is 4.79 Å². The second kappa shape index (κ2) is 6.78. The third-order valence-corrected chi connectivity index (χ3v) is 4.04. The third-order valence-electron chi connectivity index (χ3n) is 4.04. The highest BCUT2D eigenvalue weighted by Gasteiger charge is 2.12. The van der Waals surface area contributed by atoms with Gasteiger partial charge in [0.05, 0.1) is 7.11 Å². The normalized spacial score (nSPS) is 10.8. The summed E-state index contributed by atoms with van der Waals surface area (Å²) >= 11 is 0. The molecule has 0 aliphatic rings. The first-order chi connectivity index (χ1) is 10.5. The van der Waals surface area contributed by atoms with E-state index >= 15 is 0 Å². The zero-order valence-corrected chi connectivity index (χ0v) is 14.1. The Morgan fingerprint density at radius 2 is 1.77 bits per heavy atom. The number of benzene rings is 2. The largest absolute Gasteiger partial charge is 0.496 e. The predicted octanol–water partition coefficient (Wildman–Crippen LogP) is 5.39. The maximum atomic E-state index is 11.7. The van der Waals surface area contributed by atoms with E-state index in [2.05, 4.69) is 32.9 Å². The van der Waals surface area contributed by atoms with E-state index in [9.17, 15) is 4.79 Å². The van der Waals surface area contributed by atoms with Gasteiger partial charge in [-0.05, 0) is 47.2 Å². The maximum absolute atomic E-state index is 11.7.